The zero-order valence-electron chi connectivity index (χ0n) is 15.9. The van der Waals surface area contributed by atoms with Crippen molar-refractivity contribution in [3.05, 3.63) is 27.7 Å². The van der Waals surface area contributed by atoms with Gasteiger partial charge in [-0.05, 0) is 43.5 Å². The van der Waals surface area contributed by atoms with Gasteiger partial charge in [0, 0.05) is 10.5 Å². The van der Waals surface area contributed by atoms with E-state index in [4.69, 9.17) is 9.47 Å². The van der Waals surface area contributed by atoms with Gasteiger partial charge in [-0.3, -0.25) is 19.8 Å². The monoisotopic (exact) mass is 450 g/mol. The molecule has 150 valence electrons. The number of carbonyl (C=O) groups excluding carboxylic acids is 3. The number of amides is 4. The van der Waals surface area contributed by atoms with Crippen LogP contribution in [0.3, 0.4) is 0 Å². The molecule has 8 heteroatoms. The molecule has 0 unspecified atom stereocenters. The maximum atomic E-state index is 13.0. The summed E-state index contributed by atoms with van der Waals surface area (Å²) in [7, 11) is 1.54. The van der Waals surface area contributed by atoms with Crippen molar-refractivity contribution >= 4 is 39.9 Å². The number of hydrogen-bond donors (Lipinski definition) is 1. The molecular weight excluding hydrogens is 428 g/mol. The smallest absolute Gasteiger partial charge is 0.331 e. The predicted molar refractivity (Wildman–Crippen MR) is 107 cm³/mol. The lowest BCUT2D eigenvalue weighted by Crippen LogP contribution is -2.58. The molecule has 1 aliphatic carbocycles. The quantitative estimate of drug-likeness (QED) is 0.546. The molecule has 1 saturated carbocycles. The van der Waals surface area contributed by atoms with E-state index in [1.165, 1.54) is 18.1 Å². The van der Waals surface area contributed by atoms with Gasteiger partial charge < -0.3 is 9.47 Å². The Morgan fingerprint density at radius 3 is 2.54 bits per heavy atom. The van der Waals surface area contributed by atoms with Gasteiger partial charge in [-0.2, -0.15) is 0 Å². The van der Waals surface area contributed by atoms with E-state index in [0.29, 0.717) is 28.1 Å². The molecule has 2 fully saturated rings. The Bertz CT molecular complexity index is 830. The van der Waals surface area contributed by atoms with E-state index in [1.807, 2.05) is 6.92 Å². The number of hydrogen-bond acceptors (Lipinski definition) is 5. The van der Waals surface area contributed by atoms with E-state index in [9.17, 15) is 14.4 Å². The van der Waals surface area contributed by atoms with E-state index < -0.39 is 17.8 Å². The van der Waals surface area contributed by atoms with Crippen molar-refractivity contribution < 1.29 is 23.9 Å². The predicted octanol–water partition coefficient (Wildman–Crippen LogP) is 3.65. The first-order chi connectivity index (χ1) is 13.5. The second-order valence-corrected chi connectivity index (χ2v) is 7.60. The number of benzene rings is 1. The second-order valence-electron chi connectivity index (χ2n) is 6.74. The number of rotatable bonds is 5. The van der Waals surface area contributed by atoms with Gasteiger partial charge in [0.05, 0.1) is 13.7 Å². The van der Waals surface area contributed by atoms with Crippen molar-refractivity contribution in [3.8, 4) is 11.5 Å². The molecule has 2 aliphatic rings. The molecule has 1 saturated heterocycles. The van der Waals surface area contributed by atoms with Gasteiger partial charge in [-0.15, -0.1) is 0 Å². The van der Waals surface area contributed by atoms with Gasteiger partial charge in [0.2, 0.25) is 0 Å². The molecule has 0 bridgehead atoms. The third kappa shape index (κ3) is 4.06. The van der Waals surface area contributed by atoms with Crippen LogP contribution in [0.2, 0.25) is 0 Å². The second kappa shape index (κ2) is 8.77. The number of nitrogens with zero attached hydrogens (tertiary/aromatic N) is 1. The van der Waals surface area contributed by atoms with Crippen molar-refractivity contribution in [2.75, 3.05) is 13.7 Å². The van der Waals surface area contributed by atoms with E-state index in [2.05, 4.69) is 21.2 Å². The molecule has 0 spiro atoms. The summed E-state index contributed by atoms with van der Waals surface area (Å²) in [6.45, 7) is 2.29. The Morgan fingerprint density at radius 1 is 1.18 bits per heavy atom. The van der Waals surface area contributed by atoms with Gasteiger partial charge in [-0.25, -0.2) is 4.79 Å². The van der Waals surface area contributed by atoms with Crippen LogP contribution < -0.4 is 14.8 Å². The summed E-state index contributed by atoms with van der Waals surface area (Å²) in [5, 5.41) is 2.30. The fourth-order valence-corrected chi connectivity index (χ4v) is 4.02. The topological polar surface area (TPSA) is 84.9 Å². The molecule has 0 aromatic heterocycles. The van der Waals surface area contributed by atoms with Gasteiger partial charge in [0.15, 0.2) is 11.5 Å². The third-order valence-electron chi connectivity index (χ3n) is 4.96. The number of carbonyl (C=O) groups is 3. The summed E-state index contributed by atoms with van der Waals surface area (Å²) >= 11 is 3.44. The molecular formula is C20H23BrN2O5. The number of urea groups is 1. The molecule has 1 N–H and O–H groups in total. The van der Waals surface area contributed by atoms with Crippen LogP contribution in [0.1, 0.15) is 44.6 Å². The van der Waals surface area contributed by atoms with Crippen LogP contribution in [-0.2, 0) is 9.59 Å². The molecule has 1 aromatic rings. The lowest BCUT2D eigenvalue weighted by molar-refractivity contribution is -0.132. The number of halogens is 1. The molecule has 7 nitrogen and oxygen atoms in total. The van der Waals surface area contributed by atoms with Crippen LogP contribution in [0.25, 0.3) is 6.08 Å². The third-order valence-corrected chi connectivity index (χ3v) is 5.64. The summed E-state index contributed by atoms with van der Waals surface area (Å²) in [6.07, 6.45) is 6.04. The zero-order chi connectivity index (χ0) is 20.3. The van der Waals surface area contributed by atoms with Crippen LogP contribution >= 0.6 is 15.9 Å². The number of imide groups is 2. The Balaban J connectivity index is 1.97. The highest BCUT2D eigenvalue weighted by molar-refractivity contribution is 9.10. The minimum Gasteiger partial charge on any atom is -0.493 e. The van der Waals surface area contributed by atoms with E-state index >= 15 is 0 Å². The highest BCUT2D eigenvalue weighted by Crippen LogP contribution is 2.35. The van der Waals surface area contributed by atoms with Crippen molar-refractivity contribution in [1.29, 1.82) is 0 Å². The maximum Gasteiger partial charge on any atom is 0.331 e. The molecule has 3 rings (SSSR count). The van der Waals surface area contributed by atoms with Crippen LogP contribution in [0.5, 0.6) is 11.5 Å². The molecule has 0 atom stereocenters. The number of barbiturate groups is 1. The highest BCUT2D eigenvalue weighted by atomic mass is 79.9. The minimum absolute atomic E-state index is 0.0708. The molecule has 1 heterocycles. The average Bonchev–Trinajstić information content (AvgIpc) is 2.68. The Hall–Kier alpha value is -2.35. The Labute approximate surface area is 172 Å². The zero-order valence-corrected chi connectivity index (χ0v) is 17.5. The van der Waals surface area contributed by atoms with Crippen molar-refractivity contribution in [2.24, 2.45) is 0 Å². The molecule has 1 aliphatic heterocycles. The lowest BCUT2D eigenvalue weighted by atomic mass is 9.93. The van der Waals surface area contributed by atoms with E-state index in [1.54, 1.807) is 12.1 Å². The van der Waals surface area contributed by atoms with Crippen LogP contribution in [0.4, 0.5) is 4.79 Å². The van der Waals surface area contributed by atoms with E-state index in [-0.39, 0.29) is 11.6 Å². The number of nitrogens with one attached hydrogen (secondary N) is 1. The minimum atomic E-state index is -0.692. The van der Waals surface area contributed by atoms with Crippen LogP contribution in [-0.4, -0.2) is 42.5 Å². The normalized spacial score (nSPS) is 19.8. The van der Waals surface area contributed by atoms with Gasteiger partial charge >= 0.3 is 6.03 Å². The van der Waals surface area contributed by atoms with Gasteiger partial charge in [-0.1, -0.05) is 35.2 Å². The molecule has 4 amide bonds. The van der Waals surface area contributed by atoms with Crippen LogP contribution in [0.15, 0.2) is 22.2 Å². The molecule has 28 heavy (non-hydrogen) atoms. The Kier molecular flexibility index (Phi) is 6.39. The highest BCUT2D eigenvalue weighted by Gasteiger charge is 2.40. The SMILES string of the molecule is CCOc1cc(/C=C2\C(=O)NC(=O)N(C3CCCCC3)C2=O)c(Br)cc1OC. The fourth-order valence-electron chi connectivity index (χ4n) is 3.59. The average molecular weight is 451 g/mol. The molecule has 1 aromatic carbocycles. The van der Waals surface area contributed by atoms with Crippen LogP contribution in [0, 0.1) is 0 Å². The maximum absolute atomic E-state index is 13.0. The first-order valence-corrected chi connectivity index (χ1v) is 10.2. The fraction of sp³-hybridized carbons (Fsp3) is 0.450. The largest absolute Gasteiger partial charge is 0.493 e. The van der Waals surface area contributed by atoms with Crippen molar-refractivity contribution in [1.82, 2.24) is 10.2 Å². The summed E-state index contributed by atoms with van der Waals surface area (Å²) in [5.41, 5.74) is 0.513. The summed E-state index contributed by atoms with van der Waals surface area (Å²) in [5.74, 6) is -0.206. The van der Waals surface area contributed by atoms with Crippen molar-refractivity contribution in [3.63, 3.8) is 0 Å². The van der Waals surface area contributed by atoms with Crippen molar-refractivity contribution in [2.45, 2.75) is 45.1 Å². The summed E-state index contributed by atoms with van der Waals surface area (Å²) in [6, 6.07) is 2.60. The molecule has 0 radical (unpaired) electrons. The Morgan fingerprint density at radius 2 is 1.89 bits per heavy atom. The standard InChI is InChI=1S/C20H23BrN2O5/c1-3-28-17-10-12(15(21)11-16(17)27-2)9-14-18(24)22-20(26)23(19(14)25)13-7-5-4-6-8-13/h9-11,13H,3-8H2,1-2H3,(H,22,24,26)/b14-9+. The van der Waals surface area contributed by atoms with Gasteiger partial charge in [0.1, 0.15) is 5.57 Å². The van der Waals surface area contributed by atoms with Gasteiger partial charge in [0.25, 0.3) is 11.8 Å². The number of ether oxygens (including phenoxy) is 2. The number of methoxy groups -OCH3 is 1. The first-order valence-electron chi connectivity index (χ1n) is 9.37. The summed E-state index contributed by atoms with van der Waals surface area (Å²) in [4.78, 5) is 38.9. The van der Waals surface area contributed by atoms with E-state index in [0.717, 1.165) is 32.1 Å². The first kappa shape index (κ1) is 20.4. The summed E-state index contributed by atoms with van der Waals surface area (Å²) < 4.78 is 11.5. The lowest BCUT2D eigenvalue weighted by Gasteiger charge is -2.35.